The molecule has 2 atom stereocenters. The van der Waals surface area contributed by atoms with Gasteiger partial charge in [-0.2, -0.15) is 4.89 Å². The minimum Gasteiger partial charge on any atom is -0.483 e. The summed E-state index contributed by atoms with van der Waals surface area (Å²) in [5.41, 5.74) is 6.93. The second-order valence-corrected chi connectivity index (χ2v) is 7.08. The second kappa shape index (κ2) is 8.83. The van der Waals surface area contributed by atoms with Crippen molar-refractivity contribution in [3.05, 3.63) is 65.7 Å². The van der Waals surface area contributed by atoms with E-state index in [1.54, 1.807) is 45.0 Å². The normalized spacial score (nSPS) is 13.7. The molecule has 0 amide bonds. The molecule has 5 heteroatoms. The summed E-state index contributed by atoms with van der Waals surface area (Å²) in [6.07, 6.45) is 0.359. The Balaban J connectivity index is 2.26. The molecule has 0 saturated heterocycles. The number of hydrogen-bond acceptors (Lipinski definition) is 5. The summed E-state index contributed by atoms with van der Waals surface area (Å²) in [7, 11) is 0. The summed E-state index contributed by atoms with van der Waals surface area (Å²) in [5, 5.41) is 0. The highest BCUT2D eigenvalue weighted by Crippen LogP contribution is 2.29. The quantitative estimate of drug-likeness (QED) is 0.586. The predicted molar refractivity (Wildman–Crippen MR) is 101 cm³/mol. The fourth-order valence-electron chi connectivity index (χ4n) is 2.34. The largest absolute Gasteiger partial charge is 0.483 e. The number of ether oxygens (including phenoxy) is 1. The molecular formula is C21H27NO4. The first kappa shape index (κ1) is 19.9. The average Bonchev–Trinajstić information content (AvgIpc) is 2.64. The van der Waals surface area contributed by atoms with Crippen LogP contribution >= 0.6 is 0 Å². The molecule has 2 rings (SSSR count). The van der Waals surface area contributed by atoms with Crippen LogP contribution in [0.3, 0.4) is 0 Å². The topological polar surface area (TPSA) is 70.8 Å². The Hall–Kier alpha value is -2.37. The SMILES string of the molecule is CCC(N)C(Oc1ccccc1C(=O)OOC(C)(C)C)c1ccccc1. The van der Waals surface area contributed by atoms with E-state index in [0.29, 0.717) is 11.3 Å². The smallest absolute Gasteiger partial charge is 0.376 e. The van der Waals surface area contributed by atoms with Gasteiger partial charge in [0.1, 0.15) is 23.0 Å². The maximum Gasteiger partial charge on any atom is 0.376 e. The van der Waals surface area contributed by atoms with Gasteiger partial charge in [-0.05, 0) is 44.9 Å². The molecule has 2 unspecified atom stereocenters. The first-order valence-corrected chi connectivity index (χ1v) is 8.78. The minimum absolute atomic E-state index is 0.215. The molecule has 0 heterocycles. The lowest BCUT2D eigenvalue weighted by Crippen LogP contribution is -2.32. The van der Waals surface area contributed by atoms with E-state index in [0.717, 1.165) is 12.0 Å². The van der Waals surface area contributed by atoms with E-state index < -0.39 is 11.6 Å². The van der Waals surface area contributed by atoms with Gasteiger partial charge in [-0.25, -0.2) is 4.79 Å². The number of carbonyl (C=O) groups is 1. The van der Waals surface area contributed by atoms with Crippen LogP contribution in [0.25, 0.3) is 0 Å². The van der Waals surface area contributed by atoms with Crippen molar-refractivity contribution in [2.75, 3.05) is 0 Å². The Morgan fingerprint density at radius 3 is 2.27 bits per heavy atom. The maximum atomic E-state index is 12.4. The summed E-state index contributed by atoms with van der Waals surface area (Å²) in [6, 6.07) is 16.4. The zero-order chi connectivity index (χ0) is 19.2. The van der Waals surface area contributed by atoms with Crippen molar-refractivity contribution in [3.8, 4) is 5.75 Å². The molecule has 0 aliphatic carbocycles. The zero-order valence-electron chi connectivity index (χ0n) is 15.8. The Labute approximate surface area is 155 Å². The molecule has 2 aromatic rings. The Morgan fingerprint density at radius 1 is 1.04 bits per heavy atom. The molecular weight excluding hydrogens is 330 g/mol. The predicted octanol–water partition coefficient (Wildman–Crippen LogP) is 4.43. The van der Waals surface area contributed by atoms with Gasteiger partial charge in [-0.1, -0.05) is 49.4 Å². The summed E-state index contributed by atoms with van der Waals surface area (Å²) < 4.78 is 6.16. The van der Waals surface area contributed by atoms with Gasteiger partial charge in [0.25, 0.3) is 0 Å². The van der Waals surface area contributed by atoms with E-state index in [1.165, 1.54) is 0 Å². The third kappa shape index (κ3) is 5.58. The van der Waals surface area contributed by atoms with Crippen LogP contribution in [0.2, 0.25) is 0 Å². The molecule has 5 nitrogen and oxygen atoms in total. The summed E-state index contributed by atoms with van der Waals surface area (Å²) >= 11 is 0. The number of rotatable bonds is 7. The van der Waals surface area contributed by atoms with Crippen LogP contribution in [0.5, 0.6) is 5.75 Å². The van der Waals surface area contributed by atoms with Crippen LogP contribution in [0.1, 0.15) is 56.1 Å². The fraction of sp³-hybridized carbons (Fsp3) is 0.381. The van der Waals surface area contributed by atoms with Gasteiger partial charge < -0.3 is 10.5 Å². The highest BCUT2D eigenvalue weighted by molar-refractivity contribution is 5.92. The van der Waals surface area contributed by atoms with Gasteiger partial charge in [0.05, 0.1) is 0 Å². The van der Waals surface area contributed by atoms with Gasteiger partial charge in [0.15, 0.2) is 0 Å². The number of carbonyl (C=O) groups excluding carboxylic acids is 1. The van der Waals surface area contributed by atoms with Crippen molar-refractivity contribution >= 4 is 5.97 Å². The molecule has 0 radical (unpaired) electrons. The van der Waals surface area contributed by atoms with E-state index in [1.807, 2.05) is 37.3 Å². The summed E-state index contributed by atoms with van der Waals surface area (Å²) in [6.45, 7) is 7.40. The highest BCUT2D eigenvalue weighted by atomic mass is 17.2. The average molecular weight is 357 g/mol. The van der Waals surface area contributed by atoms with Gasteiger partial charge in [0.2, 0.25) is 0 Å². The van der Waals surface area contributed by atoms with Gasteiger partial charge >= 0.3 is 5.97 Å². The molecule has 0 aliphatic heterocycles. The lowest BCUT2D eigenvalue weighted by molar-refractivity contribution is -0.301. The third-order valence-corrected chi connectivity index (χ3v) is 3.72. The van der Waals surface area contributed by atoms with Crippen LogP contribution < -0.4 is 10.5 Å². The van der Waals surface area contributed by atoms with Crippen molar-refractivity contribution < 1.29 is 19.3 Å². The third-order valence-electron chi connectivity index (χ3n) is 3.72. The Bertz CT molecular complexity index is 709. The molecule has 0 spiro atoms. The first-order valence-electron chi connectivity index (χ1n) is 8.78. The van der Waals surface area contributed by atoms with Crippen LogP contribution in [0.15, 0.2) is 54.6 Å². The molecule has 2 aromatic carbocycles. The van der Waals surface area contributed by atoms with Crippen LogP contribution in [0.4, 0.5) is 0 Å². The number of hydrogen-bond donors (Lipinski definition) is 1. The standard InChI is InChI=1S/C21H27NO4/c1-5-17(22)19(15-11-7-6-8-12-15)24-18-14-10-9-13-16(18)20(23)25-26-21(2,3)4/h6-14,17,19H,5,22H2,1-4H3. The number of benzene rings is 2. The van der Waals surface area contributed by atoms with Crippen molar-refractivity contribution in [2.45, 2.75) is 51.9 Å². The molecule has 0 saturated carbocycles. The monoisotopic (exact) mass is 357 g/mol. The molecule has 26 heavy (non-hydrogen) atoms. The summed E-state index contributed by atoms with van der Waals surface area (Å²) in [5.74, 6) is -0.194. The van der Waals surface area contributed by atoms with E-state index in [4.69, 9.17) is 20.2 Å². The maximum absolute atomic E-state index is 12.4. The van der Waals surface area contributed by atoms with Gasteiger partial charge in [-0.3, -0.25) is 4.89 Å². The van der Waals surface area contributed by atoms with E-state index in [2.05, 4.69) is 0 Å². The van der Waals surface area contributed by atoms with Crippen molar-refractivity contribution in [1.82, 2.24) is 0 Å². The molecule has 0 aromatic heterocycles. The van der Waals surface area contributed by atoms with Gasteiger partial charge in [-0.15, -0.1) is 0 Å². The molecule has 0 bridgehead atoms. The lowest BCUT2D eigenvalue weighted by Gasteiger charge is -2.25. The fourth-order valence-corrected chi connectivity index (χ4v) is 2.34. The first-order chi connectivity index (χ1) is 12.3. The van der Waals surface area contributed by atoms with Crippen LogP contribution in [0, 0.1) is 0 Å². The molecule has 2 N–H and O–H groups in total. The molecule has 0 fully saturated rings. The van der Waals surface area contributed by atoms with Crippen molar-refractivity contribution in [1.29, 1.82) is 0 Å². The van der Waals surface area contributed by atoms with E-state index in [9.17, 15) is 4.79 Å². The molecule has 140 valence electrons. The lowest BCUT2D eigenvalue weighted by atomic mass is 10.0. The van der Waals surface area contributed by atoms with E-state index in [-0.39, 0.29) is 12.1 Å². The molecule has 0 aliphatic rings. The zero-order valence-corrected chi connectivity index (χ0v) is 15.8. The summed E-state index contributed by atoms with van der Waals surface area (Å²) in [4.78, 5) is 22.5. The van der Waals surface area contributed by atoms with Crippen molar-refractivity contribution in [2.24, 2.45) is 5.73 Å². The van der Waals surface area contributed by atoms with Crippen molar-refractivity contribution in [3.63, 3.8) is 0 Å². The number of nitrogens with two attached hydrogens (primary N) is 1. The van der Waals surface area contributed by atoms with Crippen LogP contribution in [-0.2, 0) is 9.78 Å². The van der Waals surface area contributed by atoms with E-state index >= 15 is 0 Å². The Kier molecular flexibility index (Phi) is 6.77. The Morgan fingerprint density at radius 2 is 1.65 bits per heavy atom. The van der Waals surface area contributed by atoms with Gasteiger partial charge in [0, 0.05) is 6.04 Å². The van der Waals surface area contributed by atoms with Crippen LogP contribution in [-0.4, -0.2) is 17.6 Å². The second-order valence-electron chi connectivity index (χ2n) is 7.08. The number of para-hydroxylation sites is 1. The highest BCUT2D eigenvalue weighted by Gasteiger charge is 2.24. The minimum atomic E-state index is -0.604.